The molecule has 0 amide bonds. The number of hydrogen-bond acceptors (Lipinski definition) is 6. The second-order valence-corrected chi connectivity index (χ2v) is 7.83. The van der Waals surface area contributed by atoms with Gasteiger partial charge in [-0.05, 0) is 61.4 Å². The zero-order valence-electron chi connectivity index (χ0n) is 16.6. The molecule has 1 aliphatic rings. The lowest BCUT2D eigenvalue weighted by atomic mass is 10.1. The molecule has 3 heterocycles. The molecule has 0 aliphatic carbocycles. The summed E-state index contributed by atoms with van der Waals surface area (Å²) in [6.45, 7) is 1.37. The van der Waals surface area contributed by atoms with Gasteiger partial charge in [-0.3, -0.25) is 0 Å². The molecule has 1 fully saturated rings. The average Bonchev–Trinajstić information content (AvgIpc) is 3.41. The van der Waals surface area contributed by atoms with Crippen LogP contribution in [0.2, 0.25) is 5.02 Å². The van der Waals surface area contributed by atoms with E-state index in [9.17, 15) is 4.39 Å². The predicted octanol–water partition coefficient (Wildman–Crippen LogP) is 4.45. The van der Waals surface area contributed by atoms with E-state index in [1.165, 1.54) is 12.1 Å². The van der Waals surface area contributed by atoms with Crippen LogP contribution in [0, 0.1) is 5.82 Å². The second-order valence-electron chi connectivity index (χ2n) is 7.39. The quantitative estimate of drug-likeness (QED) is 0.478. The Morgan fingerprint density at radius 3 is 2.61 bits per heavy atom. The predicted molar refractivity (Wildman–Crippen MR) is 119 cm³/mol. The maximum absolute atomic E-state index is 13.5. The van der Waals surface area contributed by atoms with Crippen molar-refractivity contribution in [3.63, 3.8) is 0 Å². The summed E-state index contributed by atoms with van der Waals surface area (Å²) in [5.41, 5.74) is 8.96. The molecule has 0 radical (unpaired) electrons. The van der Waals surface area contributed by atoms with Crippen molar-refractivity contribution >= 4 is 34.4 Å². The van der Waals surface area contributed by atoms with Crippen molar-refractivity contribution in [2.45, 2.75) is 18.9 Å². The highest BCUT2D eigenvalue weighted by atomic mass is 35.5. The molecule has 1 saturated heterocycles. The van der Waals surface area contributed by atoms with Crippen molar-refractivity contribution < 1.29 is 9.13 Å². The maximum Gasteiger partial charge on any atom is 0.225 e. The van der Waals surface area contributed by atoms with Crippen LogP contribution in [-0.2, 0) is 4.74 Å². The Bertz CT molecular complexity index is 1220. The summed E-state index contributed by atoms with van der Waals surface area (Å²) in [7, 11) is 0. The van der Waals surface area contributed by atoms with E-state index >= 15 is 0 Å². The molecule has 2 aromatic carbocycles. The highest BCUT2D eigenvalue weighted by Gasteiger charge is 2.21. The minimum Gasteiger partial charge on any atom is -0.383 e. The first kappa shape index (κ1) is 19.7. The van der Waals surface area contributed by atoms with Crippen LogP contribution in [0.5, 0.6) is 0 Å². The molecule has 2 aromatic heterocycles. The Morgan fingerprint density at radius 1 is 1.13 bits per heavy atom. The lowest BCUT2D eigenvalue weighted by molar-refractivity contribution is 0.120. The van der Waals surface area contributed by atoms with Crippen LogP contribution in [0.25, 0.3) is 28.0 Å². The van der Waals surface area contributed by atoms with Crippen LogP contribution >= 0.6 is 11.6 Å². The largest absolute Gasteiger partial charge is 0.383 e. The lowest BCUT2D eigenvalue weighted by Crippen LogP contribution is -2.19. The van der Waals surface area contributed by atoms with Gasteiger partial charge in [0, 0.05) is 23.7 Å². The fourth-order valence-electron chi connectivity index (χ4n) is 3.70. The summed E-state index contributed by atoms with van der Waals surface area (Å²) < 4.78 is 20.8. The molecule has 7 nitrogen and oxygen atoms in total. The standard InChI is InChI=1S/C22H20ClFN6O/c23-14-5-9-16(10-6-14)30-20(25)18-19(13-3-7-15(24)8-4-13)27-22(28-21(18)29-30)26-12-17-2-1-11-31-17/h3-10,17H,1-2,11-12,25H2,(H,26,28,29). The van der Waals surface area contributed by atoms with Crippen molar-refractivity contribution in [3.8, 4) is 16.9 Å². The number of nitrogens with zero attached hydrogens (tertiary/aromatic N) is 4. The van der Waals surface area contributed by atoms with Crippen molar-refractivity contribution in [2.24, 2.45) is 0 Å². The molecule has 4 aromatic rings. The second kappa shape index (κ2) is 8.13. The van der Waals surface area contributed by atoms with E-state index in [-0.39, 0.29) is 11.9 Å². The van der Waals surface area contributed by atoms with E-state index in [1.54, 1.807) is 28.9 Å². The third-order valence-electron chi connectivity index (χ3n) is 5.27. The number of halogens is 2. The molecule has 1 atom stereocenters. The van der Waals surface area contributed by atoms with Crippen LogP contribution in [0.4, 0.5) is 16.2 Å². The number of nitrogen functional groups attached to an aromatic ring is 1. The fourth-order valence-corrected chi connectivity index (χ4v) is 3.82. The molecular formula is C22H20ClFN6O. The summed E-state index contributed by atoms with van der Waals surface area (Å²) in [5.74, 6) is 0.487. The Morgan fingerprint density at radius 2 is 1.90 bits per heavy atom. The minimum absolute atomic E-state index is 0.130. The highest BCUT2D eigenvalue weighted by molar-refractivity contribution is 6.30. The number of benzene rings is 2. The van der Waals surface area contributed by atoms with Crippen LogP contribution in [0.15, 0.2) is 48.5 Å². The minimum atomic E-state index is -0.324. The Labute approximate surface area is 183 Å². The Hall–Kier alpha value is -3.23. The van der Waals surface area contributed by atoms with Crippen molar-refractivity contribution in [1.29, 1.82) is 0 Å². The zero-order valence-corrected chi connectivity index (χ0v) is 17.3. The monoisotopic (exact) mass is 438 g/mol. The number of ether oxygens (including phenoxy) is 1. The van der Waals surface area contributed by atoms with Gasteiger partial charge >= 0.3 is 0 Å². The third-order valence-corrected chi connectivity index (χ3v) is 5.52. The molecule has 3 N–H and O–H groups in total. The number of hydrogen-bond donors (Lipinski definition) is 2. The Balaban J connectivity index is 1.62. The van der Waals surface area contributed by atoms with Crippen LogP contribution in [0.1, 0.15) is 12.8 Å². The van der Waals surface area contributed by atoms with Crippen LogP contribution < -0.4 is 11.1 Å². The third kappa shape index (κ3) is 3.92. The number of aromatic nitrogens is 4. The molecule has 1 unspecified atom stereocenters. The SMILES string of the molecule is Nc1c2c(-c3ccc(F)cc3)nc(NCC3CCCO3)nc2nn1-c1ccc(Cl)cc1. The Kier molecular flexibility index (Phi) is 5.17. The van der Waals surface area contributed by atoms with Gasteiger partial charge in [-0.2, -0.15) is 4.98 Å². The number of anilines is 2. The first-order valence-corrected chi connectivity index (χ1v) is 10.4. The van der Waals surface area contributed by atoms with E-state index in [4.69, 9.17) is 22.1 Å². The number of fused-ring (bicyclic) bond motifs is 1. The topological polar surface area (TPSA) is 90.9 Å². The maximum atomic E-state index is 13.5. The van der Waals surface area contributed by atoms with E-state index in [2.05, 4.69) is 20.4 Å². The molecule has 0 bridgehead atoms. The molecule has 158 valence electrons. The molecule has 9 heteroatoms. The normalized spacial score (nSPS) is 16.1. The van der Waals surface area contributed by atoms with E-state index in [0.717, 1.165) is 30.7 Å². The van der Waals surface area contributed by atoms with E-state index in [0.29, 0.717) is 40.1 Å². The van der Waals surface area contributed by atoms with E-state index < -0.39 is 0 Å². The molecular weight excluding hydrogens is 419 g/mol. The summed E-state index contributed by atoms with van der Waals surface area (Å²) in [4.78, 5) is 9.26. The molecule has 31 heavy (non-hydrogen) atoms. The van der Waals surface area contributed by atoms with Gasteiger partial charge in [0.25, 0.3) is 0 Å². The zero-order chi connectivity index (χ0) is 21.4. The fraction of sp³-hybridized carbons (Fsp3) is 0.227. The van der Waals surface area contributed by atoms with E-state index in [1.807, 2.05) is 12.1 Å². The molecule has 5 rings (SSSR count). The summed E-state index contributed by atoms with van der Waals surface area (Å²) >= 11 is 6.01. The van der Waals surface area contributed by atoms with Gasteiger partial charge in [0.1, 0.15) is 11.6 Å². The number of nitrogens with two attached hydrogens (primary N) is 1. The van der Waals surface area contributed by atoms with Gasteiger partial charge < -0.3 is 15.8 Å². The number of rotatable bonds is 5. The van der Waals surface area contributed by atoms with Gasteiger partial charge in [-0.25, -0.2) is 14.1 Å². The molecule has 0 spiro atoms. The summed E-state index contributed by atoms with van der Waals surface area (Å²) in [6, 6.07) is 13.3. The van der Waals surface area contributed by atoms with Gasteiger partial charge in [-0.1, -0.05) is 11.6 Å². The van der Waals surface area contributed by atoms with Gasteiger partial charge in [-0.15, -0.1) is 5.10 Å². The van der Waals surface area contributed by atoms with Crippen molar-refractivity contribution in [3.05, 3.63) is 59.4 Å². The van der Waals surface area contributed by atoms with Gasteiger partial charge in [0.15, 0.2) is 5.65 Å². The summed E-state index contributed by atoms with van der Waals surface area (Å²) in [5, 5.41) is 9.07. The van der Waals surface area contributed by atoms with Crippen molar-refractivity contribution in [1.82, 2.24) is 19.7 Å². The smallest absolute Gasteiger partial charge is 0.225 e. The molecule has 0 saturated carbocycles. The van der Waals surface area contributed by atoms with Gasteiger partial charge in [0.05, 0.1) is 22.9 Å². The number of nitrogens with one attached hydrogen (secondary N) is 1. The molecule has 1 aliphatic heterocycles. The van der Waals surface area contributed by atoms with Crippen molar-refractivity contribution in [2.75, 3.05) is 24.2 Å². The van der Waals surface area contributed by atoms with Crippen LogP contribution in [0.3, 0.4) is 0 Å². The van der Waals surface area contributed by atoms with Gasteiger partial charge in [0.2, 0.25) is 5.95 Å². The highest BCUT2D eigenvalue weighted by Crippen LogP contribution is 2.33. The lowest BCUT2D eigenvalue weighted by Gasteiger charge is -2.12. The first-order valence-electron chi connectivity index (χ1n) is 10.0. The van der Waals surface area contributed by atoms with Crippen LogP contribution in [-0.4, -0.2) is 39.0 Å². The average molecular weight is 439 g/mol. The summed E-state index contributed by atoms with van der Waals surface area (Å²) in [6.07, 6.45) is 2.18. The first-order chi connectivity index (χ1) is 15.1.